The van der Waals surface area contributed by atoms with Crippen molar-refractivity contribution in [2.24, 2.45) is 5.73 Å². The summed E-state index contributed by atoms with van der Waals surface area (Å²) in [5.74, 6) is -1.50. The molecular weight excluding hydrogens is 314 g/mol. The lowest BCUT2D eigenvalue weighted by atomic mass is 10.1. The number of esters is 1. The molecule has 0 saturated carbocycles. The number of carbonyl (C=O) groups excluding carboxylic acids is 4. The molecule has 24 heavy (non-hydrogen) atoms. The molecule has 1 atom stereocenters. The fourth-order valence-electron chi connectivity index (χ4n) is 2.12. The van der Waals surface area contributed by atoms with Gasteiger partial charge in [-0.3, -0.25) is 9.59 Å². The van der Waals surface area contributed by atoms with Gasteiger partial charge in [0.1, 0.15) is 12.6 Å². The summed E-state index contributed by atoms with van der Waals surface area (Å²) in [5, 5.41) is 2.38. The van der Waals surface area contributed by atoms with Crippen LogP contribution in [0.2, 0.25) is 0 Å². The van der Waals surface area contributed by atoms with Gasteiger partial charge in [0.2, 0.25) is 5.91 Å². The number of nitrogens with two attached hydrogens (primary N) is 1. The summed E-state index contributed by atoms with van der Waals surface area (Å²) >= 11 is 0. The van der Waals surface area contributed by atoms with Gasteiger partial charge >= 0.3 is 12.0 Å². The van der Waals surface area contributed by atoms with E-state index < -0.39 is 23.9 Å². The number of hydrogen-bond acceptors (Lipinski definition) is 5. The third kappa shape index (κ3) is 9.81. The zero-order valence-electron chi connectivity index (χ0n) is 14.8. The van der Waals surface area contributed by atoms with Crippen molar-refractivity contribution in [3.8, 4) is 0 Å². The number of nitrogens with one attached hydrogen (secondary N) is 1. The van der Waals surface area contributed by atoms with E-state index in [2.05, 4.69) is 17.0 Å². The van der Waals surface area contributed by atoms with E-state index in [1.807, 2.05) is 0 Å². The lowest BCUT2D eigenvalue weighted by Gasteiger charge is -2.22. The topological polar surface area (TPSA) is 119 Å². The van der Waals surface area contributed by atoms with Crippen LogP contribution in [0.1, 0.15) is 52.4 Å². The fourth-order valence-corrected chi connectivity index (χ4v) is 2.12. The van der Waals surface area contributed by atoms with Crippen LogP contribution in [-0.2, 0) is 19.1 Å². The minimum atomic E-state index is -0.887. The normalized spacial score (nSPS) is 11.5. The Morgan fingerprint density at radius 1 is 1.08 bits per heavy atom. The molecule has 0 unspecified atom stereocenters. The van der Waals surface area contributed by atoms with Gasteiger partial charge in [-0.1, -0.05) is 32.6 Å². The average molecular weight is 343 g/mol. The first kappa shape index (κ1) is 21.9. The minimum absolute atomic E-state index is 0.145. The predicted molar refractivity (Wildman–Crippen MR) is 89.2 cm³/mol. The highest BCUT2D eigenvalue weighted by atomic mass is 16.5. The number of ketones is 1. The number of rotatable bonds is 12. The lowest BCUT2D eigenvalue weighted by molar-refractivity contribution is -0.142. The highest BCUT2D eigenvalue weighted by Gasteiger charge is 2.23. The Morgan fingerprint density at radius 2 is 1.71 bits per heavy atom. The SMILES string of the molecule is CCCCCCCC(=O)CN(CC(N)=O)C(=O)N[C@@H](C)C(=O)OC. The van der Waals surface area contributed by atoms with Crippen LogP contribution >= 0.6 is 0 Å². The summed E-state index contributed by atoms with van der Waals surface area (Å²) in [4.78, 5) is 47.5. The van der Waals surface area contributed by atoms with Gasteiger partial charge in [-0.25, -0.2) is 9.59 Å². The van der Waals surface area contributed by atoms with E-state index in [9.17, 15) is 19.2 Å². The molecule has 0 aromatic heterocycles. The Labute approximate surface area is 143 Å². The molecule has 8 heteroatoms. The maximum atomic E-state index is 12.1. The molecule has 0 heterocycles. The van der Waals surface area contributed by atoms with Crippen LogP contribution < -0.4 is 11.1 Å². The molecular formula is C16H29N3O5. The molecule has 0 bridgehead atoms. The number of carbonyl (C=O) groups is 4. The Balaban J connectivity index is 4.48. The van der Waals surface area contributed by atoms with Crippen molar-refractivity contribution in [1.29, 1.82) is 0 Å². The van der Waals surface area contributed by atoms with Crippen molar-refractivity contribution in [1.82, 2.24) is 10.2 Å². The molecule has 0 saturated heterocycles. The monoisotopic (exact) mass is 343 g/mol. The van der Waals surface area contributed by atoms with Gasteiger partial charge in [-0.05, 0) is 13.3 Å². The molecule has 0 aromatic carbocycles. The summed E-state index contributed by atoms with van der Waals surface area (Å²) in [5.41, 5.74) is 5.12. The van der Waals surface area contributed by atoms with Crippen LogP contribution in [0.5, 0.6) is 0 Å². The second-order valence-corrected chi connectivity index (χ2v) is 5.72. The molecule has 0 aliphatic heterocycles. The van der Waals surface area contributed by atoms with E-state index >= 15 is 0 Å². The molecule has 0 rings (SSSR count). The number of methoxy groups -OCH3 is 1. The van der Waals surface area contributed by atoms with Gasteiger partial charge < -0.3 is 20.7 Å². The van der Waals surface area contributed by atoms with E-state index in [0.29, 0.717) is 6.42 Å². The van der Waals surface area contributed by atoms with Gasteiger partial charge in [0.05, 0.1) is 13.7 Å². The first-order valence-electron chi connectivity index (χ1n) is 8.25. The average Bonchev–Trinajstić information content (AvgIpc) is 2.52. The maximum Gasteiger partial charge on any atom is 0.328 e. The van der Waals surface area contributed by atoms with Crippen molar-refractivity contribution in [2.75, 3.05) is 20.2 Å². The quantitative estimate of drug-likeness (QED) is 0.404. The fraction of sp³-hybridized carbons (Fsp3) is 0.750. The van der Waals surface area contributed by atoms with Gasteiger partial charge in [0.15, 0.2) is 5.78 Å². The zero-order valence-corrected chi connectivity index (χ0v) is 14.8. The predicted octanol–water partition coefficient (Wildman–Crippen LogP) is 0.974. The lowest BCUT2D eigenvalue weighted by Crippen LogP contribution is -2.50. The van der Waals surface area contributed by atoms with Gasteiger partial charge in [0, 0.05) is 6.42 Å². The van der Waals surface area contributed by atoms with Crippen LogP contribution in [-0.4, -0.2) is 54.8 Å². The van der Waals surface area contributed by atoms with Crippen molar-refractivity contribution >= 4 is 23.7 Å². The number of Topliss-reactive ketones (excluding diaryl/α,β-unsaturated/α-hetero) is 1. The van der Waals surface area contributed by atoms with E-state index in [1.54, 1.807) is 0 Å². The number of urea groups is 1. The van der Waals surface area contributed by atoms with E-state index in [1.165, 1.54) is 14.0 Å². The largest absolute Gasteiger partial charge is 0.467 e. The van der Waals surface area contributed by atoms with Gasteiger partial charge in [-0.2, -0.15) is 0 Å². The van der Waals surface area contributed by atoms with Crippen molar-refractivity contribution in [2.45, 2.75) is 58.4 Å². The first-order chi connectivity index (χ1) is 11.3. The van der Waals surface area contributed by atoms with Crippen molar-refractivity contribution in [3.63, 3.8) is 0 Å². The van der Waals surface area contributed by atoms with Crippen LogP contribution in [0.15, 0.2) is 0 Å². The molecule has 8 nitrogen and oxygen atoms in total. The number of nitrogens with zero attached hydrogens (tertiary/aromatic N) is 1. The minimum Gasteiger partial charge on any atom is -0.467 e. The van der Waals surface area contributed by atoms with Gasteiger partial charge in [-0.15, -0.1) is 0 Å². The Bertz CT molecular complexity index is 439. The van der Waals surface area contributed by atoms with Crippen LogP contribution in [0.25, 0.3) is 0 Å². The maximum absolute atomic E-state index is 12.1. The Hall–Kier alpha value is -2.12. The van der Waals surface area contributed by atoms with E-state index in [4.69, 9.17) is 5.73 Å². The second kappa shape index (κ2) is 12.3. The molecule has 0 radical (unpaired) electrons. The summed E-state index contributed by atoms with van der Waals surface area (Å²) in [6, 6.07) is -1.59. The molecule has 3 amide bonds. The second-order valence-electron chi connectivity index (χ2n) is 5.72. The molecule has 3 N–H and O–H groups in total. The third-order valence-corrected chi connectivity index (χ3v) is 3.46. The molecule has 0 aliphatic rings. The number of primary amides is 1. The zero-order chi connectivity index (χ0) is 18.5. The highest BCUT2D eigenvalue weighted by molar-refractivity contribution is 5.90. The van der Waals surface area contributed by atoms with E-state index in [-0.39, 0.29) is 18.9 Å². The summed E-state index contributed by atoms with van der Waals surface area (Å²) in [6.45, 7) is 2.96. The smallest absolute Gasteiger partial charge is 0.328 e. The Morgan fingerprint density at radius 3 is 2.25 bits per heavy atom. The molecule has 138 valence electrons. The number of ether oxygens (including phenoxy) is 1. The number of unbranched alkanes of at least 4 members (excludes halogenated alkanes) is 4. The number of hydrogen-bond donors (Lipinski definition) is 2. The molecule has 0 fully saturated rings. The molecule has 0 aromatic rings. The van der Waals surface area contributed by atoms with Gasteiger partial charge in [0.25, 0.3) is 0 Å². The van der Waals surface area contributed by atoms with Crippen LogP contribution in [0, 0.1) is 0 Å². The standard InChI is InChI=1S/C16H29N3O5/c1-4-5-6-7-8-9-13(20)10-19(11-14(17)21)16(23)18-12(2)15(22)24-3/h12H,4-11H2,1-3H3,(H2,17,21)(H,18,23)/t12-/m0/s1. The summed E-state index contributed by atoms with van der Waals surface area (Å²) in [7, 11) is 1.20. The van der Waals surface area contributed by atoms with Crippen LogP contribution in [0.4, 0.5) is 4.79 Å². The first-order valence-corrected chi connectivity index (χ1v) is 8.25. The highest BCUT2D eigenvalue weighted by Crippen LogP contribution is 2.06. The van der Waals surface area contributed by atoms with Crippen molar-refractivity contribution in [3.05, 3.63) is 0 Å². The number of amides is 3. The van der Waals surface area contributed by atoms with E-state index in [0.717, 1.165) is 37.0 Å². The third-order valence-electron chi connectivity index (χ3n) is 3.46. The molecule has 0 aliphatic carbocycles. The Kier molecular flexibility index (Phi) is 11.2. The summed E-state index contributed by atoms with van der Waals surface area (Å²) < 4.78 is 4.51. The summed E-state index contributed by atoms with van der Waals surface area (Å²) in [6.07, 6.45) is 5.39. The van der Waals surface area contributed by atoms with Crippen molar-refractivity contribution < 1.29 is 23.9 Å². The van der Waals surface area contributed by atoms with Crippen LogP contribution in [0.3, 0.4) is 0 Å². The molecule has 0 spiro atoms.